The summed E-state index contributed by atoms with van der Waals surface area (Å²) in [4.78, 5) is 27.6. The van der Waals surface area contributed by atoms with E-state index in [9.17, 15) is 23.1 Å². The first-order valence-electron chi connectivity index (χ1n) is 15.1. The van der Waals surface area contributed by atoms with Crippen molar-refractivity contribution in [2.75, 3.05) is 19.7 Å². The number of hydrogen-bond acceptors (Lipinski definition) is 7. The van der Waals surface area contributed by atoms with Crippen LogP contribution in [0.5, 0.6) is 5.88 Å². The number of hydrogen-bond donors (Lipinski definition) is 1. The Hall–Kier alpha value is -4.29. The van der Waals surface area contributed by atoms with Gasteiger partial charge in [0.2, 0.25) is 11.8 Å². The fraction of sp³-hybridized carbons (Fsp3) is 0.394. The molecule has 234 valence electrons. The van der Waals surface area contributed by atoms with Gasteiger partial charge >= 0.3 is 5.97 Å². The Labute approximate surface area is 257 Å². The van der Waals surface area contributed by atoms with Crippen molar-refractivity contribution in [2.45, 2.75) is 63.3 Å². The number of benzene rings is 1. The lowest BCUT2D eigenvalue weighted by atomic mass is 9.76. The van der Waals surface area contributed by atoms with Gasteiger partial charge in [-0.05, 0) is 54.2 Å². The molecule has 7 rings (SSSR count). The minimum atomic E-state index is -2.65. The lowest BCUT2D eigenvalue weighted by Crippen LogP contribution is -2.34. The fourth-order valence-electron chi connectivity index (χ4n) is 6.06. The molecule has 0 spiro atoms. The number of pyridine rings is 2. The second-order valence-corrected chi connectivity index (χ2v) is 11.9. The van der Waals surface area contributed by atoms with Crippen LogP contribution in [0.15, 0.2) is 54.6 Å². The zero-order valence-electron chi connectivity index (χ0n) is 24.5. The van der Waals surface area contributed by atoms with Crippen LogP contribution in [0, 0.1) is 5.82 Å². The van der Waals surface area contributed by atoms with Gasteiger partial charge in [-0.2, -0.15) is 0 Å². The molecule has 0 radical (unpaired) electrons. The maximum Gasteiger partial charge on any atom is 0.354 e. The number of imidazole rings is 1. The van der Waals surface area contributed by atoms with Gasteiger partial charge in [-0.15, -0.1) is 0 Å². The Bertz CT molecular complexity index is 1780. The Kier molecular flexibility index (Phi) is 7.78. The summed E-state index contributed by atoms with van der Waals surface area (Å²) in [6.45, 7) is 3.27. The smallest absolute Gasteiger partial charge is 0.354 e. The third-order valence-corrected chi connectivity index (χ3v) is 8.79. The van der Waals surface area contributed by atoms with Gasteiger partial charge in [0.1, 0.15) is 23.8 Å². The maximum atomic E-state index is 14.7. The Balaban J connectivity index is 0.999. The highest BCUT2D eigenvalue weighted by molar-refractivity contribution is 5.88. The van der Waals surface area contributed by atoms with Crippen molar-refractivity contribution >= 4 is 22.7 Å². The SMILES string of the molecule is O=C(O)c1ccc2nc(CN3CC=C(c4cccc(OCc5ccc(C6CC(F)(F)C6)cc5F)n4)CC3)n(C[C@@H]3CCO3)c2n1. The zero-order valence-corrected chi connectivity index (χ0v) is 24.5. The highest BCUT2D eigenvalue weighted by Gasteiger charge is 2.45. The van der Waals surface area contributed by atoms with Gasteiger partial charge in [0, 0.05) is 44.2 Å². The van der Waals surface area contributed by atoms with E-state index in [0.29, 0.717) is 47.8 Å². The van der Waals surface area contributed by atoms with E-state index in [1.54, 1.807) is 24.3 Å². The molecule has 2 aliphatic heterocycles. The van der Waals surface area contributed by atoms with Gasteiger partial charge in [0.15, 0.2) is 11.3 Å². The van der Waals surface area contributed by atoms with E-state index in [1.807, 2.05) is 16.7 Å². The van der Waals surface area contributed by atoms with Crippen LogP contribution in [0.2, 0.25) is 0 Å². The van der Waals surface area contributed by atoms with Crippen LogP contribution in [0.25, 0.3) is 16.7 Å². The normalized spacial score (nSPS) is 20.0. The summed E-state index contributed by atoms with van der Waals surface area (Å²) in [6.07, 6.45) is 3.40. The molecule has 1 atom stereocenters. The molecular weight excluding hydrogens is 587 g/mol. The minimum Gasteiger partial charge on any atom is -0.477 e. The summed E-state index contributed by atoms with van der Waals surface area (Å²) in [6, 6.07) is 13.3. The van der Waals surface area contributed by atoms with Gasteiger partial charge in [-0.3, -0.25) is 4.90 Å². The van der Waals surface area contributed by atoms with Gasteiger partial charge < -0.3 is 19.1 Å². The molecule has 1 aromatic carbocycles. The third-order valence-electron chi connectivity index (χ3n) is 8.79. The molecule has 1 N–H and O–H groups in total. The van der Waals surface area contributed by atoms with Crippen LogP contribution in [0.4, 0.5) is 13.2 Å². The number of carboxylic acid groups (broad SMARTS) is 1. The van der Waals surface area contributed by atoms with E-state index in [2.05, 4.69) is 20.9 Å². The van der Waals surface area contributed by atoms with E-state index >= 15 is 0 Å². The molecule has 1 saturated carbocycles. The second-order valence-electron chi connectivity index (χ2n) is 11.9. The molecule has 3 aromatic heterocycles. The van der Waals surface area contributed by atoms with E-state index in [1.165, 1.54) is 12.1 Å². The first-order valence-corrected chi connectivity index (χ1v) is 15.1. The average molecular weight is 620 g/mol. The van der Waals surface area contributed by atoms with Crippen molar-refractivity contribution < 1.29 is 32.5 Å². The van der Waals surface area contributed by atoms with Crippen LogP contribution in [-0.2, 0) is 24.4 Å². The molecular formula is C33H32F3N5O4. The Morgan fingerprint density at radius 1 is 1.11 bits per heavy atom. The lowest BCUT2D eigenvalue weighted by molar-refractivity contribution is -0.0868. The number of alkyl halides is 2. The average Bonchev–Trinajstić information content (AvgIpc) is 3.33. The number of halogens is 3. The number of aromatic carboxylic acids is 1. The van der Waals surface area contributed by atoms with Gasteiger partial charge in [0.05, 0.1) is 24.9 Å². The Morgan fingerprint density at radius 2 is 1.96 bits per heavy atom. The number of carboxylic acids is 1. The van der Waals surface area contributed by atoms with Gasteiger partial charge in [0.25, 0.3) is 0 Å². The standard InChI is InChI=1S/C33H32F3N5O4/c34-25-14-21(23-15-33(35,36)16-23)4-5-22(25)19-45-30-3-1-2-26(38-30)20-8-11-40(12-9-20)18-29-37-27-6-7-28(32(42)43)39-31(27)41(29)17-24-10-13-44-24/h1-8,14,23-24H,9-13,15-19H2,(H,42,43)/t24-/m0/s1. The Morgan fingerprint density at radius 3 is 2.64 bits per heavy atom. The molecule has 1 saturated heterocycles. The summed E-state index contributed by atoms with van der Waals surface area (Å²) < 4.78 is 54.6. The fourth-order valence-corrected chi connectivity index (χ4v) is 6.06. The molecule has 1 aliphatic carbocycles. The van der Waals surface area contributed by atoms with E-state index in [0.717, 1.165) is 43.1 Å². The van der Waals surface area contributed by atoms with E-state index in [4.69, 9.17) is 14.5 Å². The van der Waals surface area contributed by atoms with Gasteiger partial charge in [-0.1, -0.05) is 24.3 Å². The summed E-state index contributed by atoms with van der Waals surface area (Å²) >= 11 is 0. The highest BCUT2D eigenvalue weighted by Crippen LogP contribution is 2.48. The molecule has 0 amide bonds. The predicted molar refractivity (Wildman–Crippen MR) is 159 cm³/mol. The number of nitrogens with zero attached hydrogens (tertiary/aromatic N) is 5. The summed E-state index contributed by atoms with van der Waals surface area (Å²) in [7, 11) is 0. The quantitative estimate of drug-likeness (QED) is 0.237. The number of ether oxygens (including phenoxy) is 2. The molecule has 0 bridgehead atoms. The second kappa shape index (κ2) is 11.9. The van der Waals surface area contributed by atoms with Crippen molar-refractivity contribution in [3.8, 4) is 5.88 Å². The number of carbonyl (C=O) groups is 1. The number of aromatic nitrogens is 4. The molecule has 12 heteroatoms. The molecule has 45 heavy (non-hydrogen) atoms. The summed E-state index contributed by atoms with van der Waals surface area (Å²) in [5.41, 5.74) is 3.98. The third kappa shape index (κ3) is 6.30. The minimum absolute atomic E-state index is 0.0179. The topological polar surface area (TPSA) is 103 Å². The van der Waals surface area contributed by atoms with Crippen molar-refractivity contribution in [1.29, 1.82) is 0 Å². The lowest BCUT2D eigenvalue weighted by Gasteiger charge is -2.35. The number of fused-ring (bicyclic) bond motifs is 1. The first kappa shape index (κ1) is 29.4. The van der Waals surface area contributed by atoms with Crippen molar-refractivity contribution in [2.24, 2.45) is 0 Å². The van der Waals surface area contributed by atoms with Crippen molar-refractivity contribution in [3.05, 3.63) is 88.8 Å². The predicted octanol–water partition coefficient (Wildman–Crippen LogP) is 5.83. The monoisotopic (exact) mass is 619 g/mol. The van der Waals surface area contributed by atoms with Crippen LogP contribution < -0.4 is 4.74 Å². The molecule has 2 fully saturated rings. The molecule has 3 aliphatic rings. The summed E-state index contributed by atoms with van der Waals surface area (Å²) in [5.74, 6) is -3.33. The number of rotatable bonds is 10. The maximum absolute atomic E-state index is 14.7. The first-order chi connectivity index (χ1) is 21.7. The van der Waals surface area contributed by atoms with Gasteiger partial charge in [-0.25, -0.2) is 32.9 Å². The van der Waals surface area contributed by atoms with E-state index < -0.39 is 17.7 Å². The van der Waals surface area contributed by atoms with Crippen LogP contribution >= 0.6 is 0 Å². The largest absolute Gasteiger partial charge is 0.477 e. The molecule has 4 aromatic rings. The van der Waals surface area contributed by atoms with Crippen LogP contribution in [0.3, 0.4) is 0 Å². The summed E-state index contributed by atoms with van der Waals surface area (Å²) in [5, 5.41) is 9.44. The molecule has 0 unspecified atom stereocenters. The van der Waals surface area contributed by atoms with E-state index in [-0.39, 0.29) is 37.2 Å². The van der Waals surface area contributed by atoms with Crippen molar-refractivity contribution in [1.82, 2.24) is 24.4 Å². The molecule has 9 nitrogen and oxygen atoms in total. The molecule has 5 heterocycles. The van der Waals surface area contributed by atoms with Crippen LogP contribution in [0.1, 0.15) is 64.7 Å². The van der Waals surface area contributed by atoms with Crippen LogP contribution in [-0.4, -0.2) is 67.2 Å². The highest BCUT2D eigenvalue weighted by atomic mass is 19.3. The zero-order chi connectivity index (χ0) is 31.1. The van der Waals surface area contributed by atoms with Crippen molar-refractivity contribution in [3.63, 3.8) is 0 Å².